The molecule has 0 aromatic carbocycles. The van der Waals surface area contributed by atoms with Gasteiger partial charge in [-0.05, 0) is 0 Å². The monoisotopic (exact) mass is 88.0 g/mol. The van der Waals surface area contributed by atoms with Gasteiger partial charge in [-0.15, -0.1) is 24.2 Å². The Labute approximate surface area is 38.0 Å². The Morgan fingerprint density at radius 1 is 1.00 bits per heavy atom. The number of hydrogen-bond acceptors (Lipinski definition) is 0. The Balaban J connectivity index is 0.000000160. The second kappa shape index (κ2) is 2.11. The molecule has 0 aliphatic heterocycles. The van der Waals surface area contributed by atoms with E-state index in [1.807, 2.05) is 0 Å². The van der Waals surface area contributed by atoms with Crippen LogP contribution in [0, 0.1) is 11.8 Å². The van der Waals surface area contributed by atoms with Crippen molar-refractivity contribution in [3.63, 3.8) is 0 Å². The predicted octanol–water partition coefficient (Wildman–Crippen LogP) is 1.21. The summed E-state index contributed by atoms with van der Waals surface area (Å²) in [5, 5.41) is 0. The van der Waals surface area contributed by atoms with Crippen molar-refractivity contribution in [2.45, 2.75) is 12.8 Å². The second-order valence-electron chi connectivity index (χ2n) is 0.854. The fraction of sp³-hybridized carbons (Fsp3) is 0.500. The zero-order valence-electron chi connectivity index (χ0n) is 2.82. The molecule has 1 aliphatic rings. The quantitative estimate of drug-likeness (QED) is 0.391. The highest BCUT2D eigenvalue weighted by atomic mass is 35.5. The van der Waals surface area contributed by atoms with Crippen LogP contribution in [0.2, 0.25) is 0 Å². The van der Waals surface area contributed by atoms with E-state index in [9.17, 15) is 0 Å². The summed E-state index contributed by atoms with van der Waals surface area (Å²) < 4.78 is 0. The van der Waals surface area contributed by atoms with Crippen molar-refractivity contribution in [2.24, 2.45) is 0 Å². The third kappa shape index (κ3) is 0.889. The van der Waals surface area contributed by atoms with E-state index in [-0.39, 0.29) is 12.4 Å². The van der Waals surface area contributed by atoms with Crippen LogP contribution in [0.15, 0.2) is 0 Å². The van der Waals surface area contributed by atoms with Crippen LogP contribution in [0.25, 0.3) is 0 Å². The van der Waals surface area contributed by atoms with Gasteiger partial charge in [0, 0.05) is 12.8 Å². The van der Waals surface area contributed by atoms with Gasteiger partial charge in [-0.2, -0.15) is 0 Å². The number of halogens is 1. The molecule has 1 aliphatic carbocycles. The van der Waals surface area contributed by atoms with E-state index in [2.05, 4.69) is 11.8 Å². The maximum absolute atomic E-state index is 2.86. The molecule has 0 saturated heterocycles. The molecule has 0 fully saturated rings. The molecule has 0 aromatic rings. The number of rotatable bonds is 0. The van der Waals surface area contributed by atoms with E-state index in [1.165, 1.54) is 0 Å². The minimum absolute atomic E-state index is 0. The Morgan fingerprint density at radius 2 is 1.20 bits per heavy atom. The third-order valence-corrected chi connectivity index (χ3v) is 0.500. The van der Waals surface area contributed by atoms with Gasteiger partial charge in [-0.25, -0.2) is 0 Å². The molecule has 0 atom stereocenters. The van der Waals surface area contributed by atoms with Crippen LogP contribution in [0.3, 0.4) is 0 Å². The summed E-state index contributed by atoms with van der Waals surface area (Å²) in [6, 6.07) is 0. The van der Waals surface area contributed by atoms with Gasteiger partial charge in [0.15, 0.2) is 0 Å². The SMILES string of the molecule is C1#CCC1.Cl. The Kier molecular flexibility index (Phi) is 2.05. The highest BCUT2D eigenvalue weighted by Gasteiger charge is 1.78. The summed E-state index contributed by atoms with van der Waals surface area (Å²) in [6.07, 6.45) is 2.28. The van der Waals surface area contributed by atoms with Crippen LogP contribution in [0.4, 0.5) is 0 Å². The molecular formula is C4H5Cl. The molecule has 28 valence electrons. The fourth-order valence-corrected chi connectivity index (χ4v) is 0.125. The van der Waals surface area contributed by atoms with E-state index in [0.29, 0.717) is 0 Å². The summed E-state index contributed by atoms with van der Waals surface area (Å²) in [6.45, 7) is 0. The van der Waals surface area contributed by atoms with E-state index in [1.54, 1.807) is 0 Å². The molecule has 0 amide bonds. The summed E-state index contributed by atoms with van der Waals surface area (Å²) in [5.74, 6) is 5.72. The third-order valence-electron chi connectivity index (χ3n) is 0.500. The van der Waals surface area contributed by atoms with E-state index < -0.39 is 0 Å². The maximum atomic E-state index is 2.86. The van der Waals surface area contributed by atoms with Crippen LogP contribution in [-0.2, 0) is 0 Å². The minimum atomic E-state index is 0. The highest BCUT2D eigenvalue weighted by Crippen LogP contribution is 1.90. The van der Waals surface area contributed by atoms with E-state index >= 15 is 0 Å². The molecule has 0 aromatic heterocycles. The zero-order chi connectivity index (χ0) is 2.83. The Bertz CT molecular complexity index is 57.5. The lowest BCUT2D eigenvalue weighted by molar-refractivity contribution is 1.06. The summed E-state index contributed by atoms with van der Waals surface area (Å²) in [7, 11) is 0. The second-order valence-corrected chi connectivity index (χ2v) is 0.854. The molecule has 0 bridgehead atoms. The zero-order valence-corrected chi connectivity index (χ0v) is 3.64. The van der Waals surface area contributed by atoms with Crippen molar-refractivity contribution in [3.8, 4) is 11.8 Å². The average Bonchev–Trinajstić information content (AvgIpc) is 0.722. The summed E-state index contributed by atoms with van der Waals surface area (Å²) >= 11 is 0. The summed E-state index contributed by atoms with van der Waals surface area (Å²) in [5.41, 5.74) is 0. The molecule has 0 radical (unpaired) electrons. The lowest BCUT2D eigenvalue weighted by atomic mass is 10.2. The largest absolute Gasteiger partial charge is 0.147 e. The van der Waals surface area contributed by atoms with Crippen molar-refractivity contribution >= 4 is 12.4 Å². The van der Waals surface area contributed by atoms with Crippen LogP contribution in [-0.4, -0.2) is 0 Å². The van der Waals surface area contributed by atoms with Crippen molar-refractivity contribution in [1.29, 1.82) is 0 Å². The predicted molar refractivity (Wildman–Crippen MR) is 24.3 cm³/mol. The van der Waals surface area contributed by atoms with Gasteiger partial charge in [-0.1, -0.05) is 0 Å². The van der Waals surface area contributed by atoms with Gasteiger partial charge in [-0.3, -0.25) is 0 Å². The molecule has 1 heteroatoms. The van der Waals surface area contributed by atoms with Gasteiger partial charge in [0.1, 0.15) is 0 Å². The Morgan fingerprint density at radius 3 is 1.20 bits per heavy atom. The topological polar surface area (TPSA) is 0 Å². The van der Waals surface area contributed by atoms with E-state index in [0.717, 1.165) is 12.8 Å². The lowest BCUT2D eigenvalue weighted by Crippen LogP contribution is -1.72. The van der Waals surface area contributed by atoms with Crippen molar-refractivity contribution in [1.82, 2.24) is 0 Å². The van der Waals surface area contributed by atoms with Crippen molar-refractivity contribution in [2.75, 3.05) is 0 Å². The highest BCUT2D eigenvalue weighted by molar-refractivity contribution is 5.85. The average molecular weight is 88.5 g/mol. The molecular weight excluding hydrogens is 83.5 g/mol. The van der Waals surface area contributed by atoms with Crippen molar-refractivity contribution in [3.05, 3.63) is 0 Å². The first-order valence-electron chi connectivity index (χ1n) is 1.46. The van der Waals surface area contributed by atoms with Gasteiger partial charge < -0.3 is 0 Å². The lowest BCUT2D eigenvalue weighted by Gasteiger charge is -1.84. The standard InChI is InChI=1S/C4H4.ClH/c1-2-4-3-1;/h1-2H2;1H. The smallest absolute Gasteiger partial charge is 0.0198 e. The van der Waals surface area contributed by atoms with E-state index in [4.69, 9.17) is 0 Å². The number of hydrogen-bond donors (Lipinski definition) is 0. The normalized spacial score (nSPS) is 12.8. The van der Waals surface area contributed by atoms with Gasteiger partial charge >= 0.3 is 0 Å². The fourth-order valence-electron chi connectivity index (χ4n) is 0.125. The molecule has 0 heterocycles. The molecule has 0 saturated carbocycles. The van der Waals surface area contributed by atoms with Crippen LogP contribution in [0.1, 0.15) is 12.8 Å². The first-order chi connectivity index (χ1) is 2.00. The van der Waals surface area contributed by atoms with Crippen molar-refractivity contribution < 1.29 is 0 Å². The van der Waals surface area contributed by atoms with Gasteiger partial charge in [0.2, 0.25) is 0 Å². The minimum Gasteiger partial charge on any atom is -0.147 e. The summed E-state index contributed by atoms with van der Waals surface area (Å²) in [4.78, 5) is 0. The first kappa shape index (κ1) is 4.85. The molecule has 0 unspecified atom stereocenters. The molecule has 1 rings (SSSR count). The van der Waals surface area contributed by atoms with Gasteiger partial charge in [0.05, 0.1) is 0 Å². The van der Waals surface area contributed by atoms with Gasteiger partial charge in [0.25, 0.3) is 0 Å². The van der Waals surface area contributed by atoms with Crippen LogP contribution >= 0.6 is 12.4 Å². The molecule has 0 spiro atoms. The first-order valence-corrected chi connectivity index (χ1v) is 1.46. The maximum Gasteiger partial charge on any atom is 0.0198 e. The Hall–Kier alpha value is -0.150. The van der Waals surface area contributed by atoms with Crippen LogP contribution < -0.4 is 0 Å². The molecule has 5 heavy (non-hydrogen) atoms. The molecule has 0 nitrogen and oxygen atoms in total. The van der Waals surface area contributed by atoms with Crippen LogP contribution in [0.5, 0.6) is 0 Å². The molecule has 0 N–H and O–H groups in total.